The number of aliphatic hydroxyl groups excluding tert-OH is 1. The molecule has 0 saturated heterocycles. The lowest BCUT2D eigenvalue weighted by atomic mass is 10.1. The lowest BCUT2D eigenvalue weighted by molar-refractivity contribution is -0.0299. The number of halogens is 5. The maximum absolute atomic E-state index is 12.7. The van der Waals surface area contributed by atoms with Crippen LogP contribution in [0.3, 0.4) is 0 Å². The molecular formula is C8H5Br2F3O. The third kappa shape index (κ3) is 2.71. The average molecular weight is 334 g/mol. The van der Waals surface area contributed by atoms with Gasteiger partial charge in [0.2, 0.25) is 0 Å². The SMILES string of the molecule is OC(c1cc(F)ccc1Br)C(F)(F)Br. The summed E-state index contributed by atoms with van der Waals surface area (Å²) in [6, 6.07) is 3.21. The van der Waals surface area contributed by atoms with Gasteiger partial charge >= 0.3 is 4.83 Å². The molecule has 1 aromatic rings. The first kappa shape index (κ1) is 12.0. The van der Waals surface area contributed by atoms with Crippen LogP contribution in [-0.2, 0) is 0 Å². The van der Waals surface area contributed by atoms with E-state index < -0.39 is 16.8 Å². The van der Waals surface area contributed by atoms with E-state index in [4.69, 9.17) is 5.11 Å². The summed E-state index contributed by atoms with van der Waals surface area (Å²) < 4.78 is 38.2. The maximum atomic E-state index is 12.7. The summed E-state index contributed by atoms with van der Waals surface area (Å²) in [5.41, 5.74) is -0.202. The third-order valence-electron chi connectivity index (χ3n) is 1.56. The van der Waals surface area contributed by atoms with E-state index >= 15 is 0 Å². The van der Waals surface area contributed by atoms with Crippen molar-refractivity contribution in [2.75, 3.05) is 0 Å². The van der Waals surface area contributed by atoms with Crippen LogP contribution < -0.4 is 0 Å². The first-order valence-corrected chi connectivity index (χ1v) is 5.10. The molecule has 0 amide bonds. The normalized spacial score (nSPS) is 14.1. The van der Waals surface area contributed by atoms with Gasteiger partial charge in [0.25, 0.3) is 0 Å². The fourth-order valence-electron chi connectivity index (χ4n) is 0.900. The second-order valence-corrected chi connectivity index (χ2v) is 4.52. The van der Waals surface area contributed by atoms with Crippen LogP contribution in [0.5, 0.6) is 0 Å². The third-order valence-corrected chi connectivity index (χ3v) is 2.72. The summed E-state index contributed by atoms with van der Waals surface area (Å²) >= 11 is 4.96. The van der Waals surface area contributed by atoms with Crippen LogP contribution in [0.2, 0.25) is 0 Å². The van der Waals surface area contributed by atoms with Crippen molar-refractivity contribution in [1.29, 1.82) is 0 Å². The van der Waals surface area contributed by atoms with E-state index in [2.05, 4.69) is 15.9 Å². The average Bonchev–Trinajstić information content (AvgIpc) is 2.06. The Balaban J connectivity index is 3.12. The Morgan fingerprint density at radius 1 is 1.36 bits per heavy atom. The van der Waals surface area contributed by atoms with Gasteiger partial charge in [0, 0.05) is 10.0 Å². The summed E-state index contributed by atoms with van der Waals surface area (Å²) in [5, 5.41) is 9.17. The minimum atomic E-state index is -3.48. The molecule has 1 aromatic carbocycles. The van der Waals surface area contributed by atoms with Crippen molar-refractivity contribution in [2.24, 2.45) is 0 Å². The Morgan fingerprint density at radius 2 is 1.93 bits per heavy atom. The molecule has 0 aliphatic heterocycles. The highest BCUT2D eigenvalue weighted by Crippen LogP contribution is 2.39. The van der Waals surface area contributed by atoms with Gasteiger partial charge in [-0.2, -0.15) is 8.78 Å². The number of alkyl halides is 3. The zero-order valence-electron chi connectivity index (χ0n) is 6.65. The molecule has 1 atom stereocenters. The lowest BCUT2D eigenvalue weighted by Crippen LogP contribution is -2.18. The zero-order valence-corrected chi connectivity index (χ0v) is 9.82. The van der Waals surface area contributed by atoms with Gasteiger partial charge < -0.3 is 5.11 Å². The molecule has 0 fully saturated rings. The van der Waals surface area contributed by atoms with Crippen LogP contribution in [-0.4, -0.2) is 9.94 Å². The van der Waals surface area contributed by atoms with Crippen molar-refractivity contribution >= 4 is 31.9 Å². The Hall–Kier alpha value is -0.0700. The molecule has 0 aliphatic rings. The van der Waals surface area contributed by atoms with Gasteiger partial charge in [-0.25, -0.2) is 4.39 Å². The Labute approximate surface area is 95.2 Å². The molecule has 1 unspecified atom stereocenters. The molecule has 0 bridgehead atoms. The van der Waals surface area contributed by atoms with Crippen LogP contribution in [0.25, 0.3) is 0 Å². The summed E-state index contributed by atoms with van der Waals surface area (Å²) in [4.78, 5) is -3.48. The van der Waals surface area contributed by atoms with Crippen molar-refractivity contribution in [3.8, 4) is 0 Å². The van der Waals surface area contributed by atoms with Crippen molar-refractivity contribution in [3.05, 3.63) is 34.1 Å². The fraction of sp³-hybridized carbons (Fsp3) is 0.250. The van der Waals surface area contributed by atoms with Crippen molar-refractivity contribution in [3.63, 3.8) is 0 Å². The van der Waals surface area contributed by atoms with E-state index in [1.165, 1.54) is 6.07 Å². The van der Waals surface area contributed by atoms with Gasteiger partial charge in [0.1, 0.15) is 5.82 Å². The van der Waals surface area contributed by atoms with Gasteiger partial charge in [-0.3, -0.25) is 0 Å². The fourth-order valence-corrected chi connectivity index (χ4v) is 1.61. The van der Waals surface area contributed by atoms with Gasteiger partial charge in [0.15, 0.2) is 6.10 Å². The van der Waals surface area contributed by atoms with Gasteiger partial charge in [0.05, 0.1) is 0 Å². The zero-order chi connectivity index (χ0) is 10.9. The van der Waals surface area contributed by atoms with E-state index in [9.17, 15) is 13.2 Å². The van der Waals surface area contributed by atoms with Gasteiger partial charge in [-0.15, -0.1) is 0 Å². The molecule has 1 rings (SSSR count). The summed E-state index contributed by atoms with van der Waals surface area (Å²) in [5.74, 6) is -0.681. The van der Waals surface area contributed by atoms with Crippen molar-refractivity contribution in [2.45, 2.75) is 10.9 Å². The number of rotatable bonds is 2. The Bertz CT molecular complexity index is 338. The minimum absolute atomic E-state index is 0.202. The summed E-state index contributed by atoms with van der Waals surface area (Å²) in [6.45, 7) is 0. The van der Waals surface area contributed by atoms with Crippen molar-refractivity contribution in [1.82, 2.24) is 0 Å². The van der Waals surface area contributed by atoms with Crippen LogP contribution in [0.1, 0.15) is 11.7 Å². The number of benzene rings is 1. The molecule has 6 heteroatoms. The molecule has 14 heavy (non-hydrogen) atoms. The molecule has 0 saturated carbocycles. The van der Waals surface area contributed by atoms with Crippen molar-refractivity contribution < 1.29 is 18.3 Å². The molecule has 0 spiro atoms. The van der Waals surface area contributed by atoms with Gasteiger partial charge in [-0.1, -0.05) is 15.9 Å². The van der Waals surface area contributed by atoms with E-state index in [0.717, 1.165) is 12.1 Å². The highest BCUT2D eigenvalue weighted by molar-refractivity contribution is 9.10. The van der Waals surface area contributed by atoms with E-state index in [1.807, 2.05) is 15.9 Å². The molecule has 0 aromatic heterocycles. The summed E-state index contributed by atoms with van der Waals surface area (Å²) in [6.07, 6.45) is -2.09. The predicted octanol–water partition coefficient (Wildman–Crippen LogP) is 3.61. The number of hydrogen-bond acceptors (Lipinski definition) is 1. The summed E-state index contributed by atoms with van der Waals surface area (Å²) in [7, 11) is 0. The first-order chi connectivity index (χ1) is 6.32. The van der Waals surface area contributed by atoms with Crippen LogP contribution in [0.15, 0.2) is 22.7 Å². The van der Waals surface area contributed by atoms with Crippen LogP contribution >= 0.6 is 31.9 Å². The second kappa shape index (κ2) is 4.20. The first-order valence-electron chi connectivity index (χ1n) is 3.52. The van der Waals surface area contributed by atoms with E-state index in [0.29, 0.717) is 0 Å². The number of hydrogen-bond donors (Lipinski definition) is 1. The Kier molecular flexibility index (Phi) is 3.60. The molecule has 1 nitrogen and oxygen atoms in total. The topological polar surface area (TPSA) is 20.2 Å². The molecule has 78 valence electrons. The molecule has 0 aliphatic carbocycles. The highest BCUT2D eigenvalue weighted by Gasteiger charge is 2.37. The standard InChI is InChI=1S/C8H5Br2F3O/c9-6-2-1-4(11)3-5(6)7(14)8(10,12)13/h1-3,7,14H. The second-order valence-electron chi connectivity index (χ2n) is 2.61. The quantitative estimate of drug-likeness (QED) is 0.820. The van der Waals surface area contributed by atoms with Gasteiger partial charge in [-0.05, 0) is 34.1 Å². The maximum Gasteiger partial charge on any atom is 0.330 e. The highest BCUT2D eigenvalue weighted by atomic mass is 79.9. The molecule has 0 radical (unpaired) electrons. The van der Waals surface area contributed by atoms with Crippen LogP contribution in [0.4, 0.5) is 13.2 Å². The van der Waals surface area contributed by atoms with E-state index in [-0.39, 0.29) is 10.0 Å². The molecule has 0 heterocycles. The van der Waals surface area contributed by atoms with E-state index in [1.54, 1.807) is 0 Å². The number of aliphatic hydroxyl groups is 1. The largest absolute Gasteiger partial charge is 0.381 e. The van der Waals surface area contributed by atoms with Crippen LogP contribution in [0, 0.1) is 5.82 Å². The predicted molar refractivity (Wildman–Crippen MR) is 52.9 cm³/mol. The Morgan fingerprint density at radius 3 is 2.43 bits per heavy atom. The smallest absolute Gasteiger partial charge is 0.330 e. The monoisotopic (exact) mass is 332 g/mol. The molecular weight excluding hydrogens is 329 g/mol. The minimum Gasteiger partial charge on any atom is -0.381 e. The molecule has 1 N–H and O–H groups in total. The lowest BCUT2D eigenvalue weighted by Gasteiger charge is -2.17.